The van der Waals surface area contributed by atoms with E-state index in [1.165, 1.54) is 38.5 Å². The molecule has 2 aromatic heterocycles. The zero-order valence-electron chi connectivity index (χ0n) is 23.5. The predicted molar refractivity (Wildman–Crippen MR) is 158 cm³/mol. The Labute approximate surface area is 237 Å². The van der Waals surface area contributed by atoms with Gasteiger partial charge in [0.2, 0.25) is 0 Å². The second-order valence-electron chi connectivity index (χ2n) is 9.60. The van der Waals surface area contributed by atoms with E-state index in [-0.39, 0.29) is 0 Å². The maximum atomic E-state index is 5.81. The van der Waals surface area contributed by atoms with E-state index >= 15 is 0 Å². The Balaban J connectivity index is 1.26. The summed E-state index contributed by atoms with van der Waals surface area (Å²) in [6.45, 7) is 5.90. The van der Waals surface area contributed by atoms with Crippen LogP contribution in [0.4, 0.5) is 11.4 Å². The molecule has 0 aliphatic rings. The Morgan fingerprint density at radius 1 is 0.500 bits per heavy atom. The molecule has 0 radical (unpaired) electrons. The number of unbranched alkanes of at least 4 members (excludes halogenated alkanes) is 6. The lowest BCUT2D eigenvalue weighted by Gasteiger charge is -2.07. The summed E-state index contributed by atoms with van der Waals surface area (Å²) < 4.78 is 11.6. The highest BCUT2D eigenvalue weighted by atomic mass is 16.5. The number of azo groups is 1. The van der Waals surface area contributed by atoms with Crippen LogP contribution in [-0.4, -0.2) is 33.1 Å². The zero-order valence-corrected chi connectivity index (χ0v) is 23.5. The largest absolute Gasteiger partial charge is 0.494 e. The average Bonchev–Trinajstić information content (AvgIpc) is 3.01. The minimum Gasteiger partial charge on any atom is -0.494 e. The second kappa shape index (κ2) is 16.0. The van der Waals surface area contributed by atoms with Crippen LogP contribution in [0.15, 0.2) is 83.5 Å². The molecule has 4 aromatic rings. The molecule has 8 heteroatoms. The van der Waals surface area contributed by atoms with Crippen LogP contribution >= 0.6 is 0 Å². The van der Waals surface area contributed by atoms with Gasteiger partial charge < -0.3 is 9.47 Å². The van der Waals surface area contributed by atoms with Crippen molar-refractivity contribution in [2.75, 3.05) is 13.2 Å². The fourth-order valence-corrected chi connectivity index (χ4v) is 4.00. The van der Waals surface area contributed by atoms with Crippen molar-refractivity contribution in [3.05, 3.63) is 73.3 Å². The first-order valence-corrected chi connectivity index (χ1v) is 14.3. The van der Waals surface area contributed by atoms with Gasteiger partial charge in [0.25, 0.3) is 0 Å². The van der Waals surface area contributed by atoms with Gasteiger partial charge in [0.1, 0.15) is 22.9 Å². The van der Waals surface area contributed by atoms with Gasteiger partial charge in [0, 0.05) is 11.1 Å². The van der Waals surface area contributed by atoms with Crippen LogP contribution in [0.3, 0.4) is 0 Å². The lowest BCUT2D eigenvalue weighted by molar-refractivity contribution is 0.305. The number of hydrogen-bond acceptors (Lipinski definition) is 8. The lowest BCUT2D eigenvalue weighted by Crippen LogP contribution is -1.97. The topological polar surface area (TPSA) is 94.7 Å². The highest BCUT2D eigenvalue weighted by Gasteiger charge is 2.05. The third-order valence-corrected chi connectivity index (χ3v) is 6.32. The van der Waals surface area contributed by atoms with Crippen molar-refractivity contribution in [2.45, 2.75) is 65.2 Å². The zero-order chi connectivity index (χ0) is 27.8. The molecule has 0 aliphatic heterocycles. The first kappa shape index (κ1) is 28.8. The van der Waals surface area contributed by atoms with E-state index in [9.17, 15) is 0 Å². The van der Waals surface area contributed by atoms with Gasteiger partial charge in [-0.25, -0.2) is 19.9 Å². The van der Waals surface area contributed by atoms with Gasteiger partial charge in [0.15, 0.2) is 11.6 Å². The molecule has 0 fully saturated rings. The van der Waals surface area contributed by atoms with E-state index < -0.39 is 0 Å². The molecule has 4 rings (SSSR count). The highest BCUT2D eigenvalue weighted by Crippen LogP contribution is 2.23. The quantitative estimate of drug-likeness (QED) is 0.104. The normalized spacial score (nSPS) is 11.2. The third-order valence-electron chi connectivity index (χ3n) is 6.32. The van der Waals surface area contributed by atoms with Crippen LogP contribution in [0.25, 0.3) is 22.8 Å². The third kappa shape index (κ3) is 9.22. The maximum absolute atomic E-state index is 5.81. The SMILES string of the molecule is CCCCCCOc1ccc(-c2ncc(N=Nc3cnc(-c4ccc(OCCCCCC)cc4)nc3)cn2)cc1. The molecule has 0 bridgehead atoms. The standard InChI is InChI=1S/C32H38N6O2/c1-3-5-7-9-19-39-29-15-11-25(12-16-29)31-33-21-27(22-34-31)37-38-28-23-35-32(36-24-28)26-13-17-30(18-14-26)40-20-10-8-6-4-2/h11-18,21-24H,3-10,19-20H2,1-2H3. The molecular formula is C32H38N6O2. The van der Waals surface area contributed by atoms with E-state index in [0.717, 1.165) is 48.7 Å². The van der Waals surface area contributed by atoms with Crippen molar-refractivity contribution in [3.8, 4) is 34.3 Å². The highest BCUT2D eigenvalue weighted by molar-refractivity contribution is 5.58. The molecule has 0 atom stereocenters. The molecule has 2 aromatic carbocycles. The molecule has 0 unspecified atom stereocenters. The van der Waals surface area contributed by atoms with E-state index in [0.29, 0.717) is 23.0 Å². The fraction of sp³-hybridized carbons (Fsp3) is 0.375. The molecular weight excluding hydrogens is 500 g/mol. The van der Waals surface area contributed by atoms with E-state index in [1.54, 1.807) is 24.8 Å². The Morgan fingerprint density at radius 2 is 0.875 bits per heavy atom. The Bertz CT molecular complexity index is 1190. The van der Waals surface area contributed by atoms with E-state index in [2.05, 4.69) is 44.0 Å². The monoisotopic (exact) mass is 538 g/mol. The Hall–Kier alpha value is -4.20. The summed E-state index contributed by atoms with van der Waals surface area (Å²) in [7, 11) is 0. The minimum absolute atomic E-state index is 0.546. The van der Waals surface area contributed by atoms with Crippen LogP contribution in [-0.2, 0) is 0 Å². The summed E-state index contributed by atoms with van der Waals surface area (Å²) in [5.41, 5.74) is 2.92. The molecule has 0 saturated heterocycles. The number of benzene rings is 2. The van der Waals surface area contributed by atoms with Gasteiger partial charge in [0.05, 0.1) is 38.0 Å². The molecule has 0 spiro atoms. The molecule has 2 heterocycles. The van der Waals surface area contributed by atoms with Gasteiger partial charge in [-0.1, -0.05) is 52.4 Å². The molecule has 0 amide bonds. The van der Waals surface area contributed by atoms with Crippen molar-refractivity contribution < 1.29 is 9.47 Å². The van der Waals surface area contributed by atoms with Gasteiger partial charge in [-0.2, -0.15) is 0 Å². The molecule has 0 N–H and O–H groups in total. The van der Waals surface area contributed by atoms with Crippen LogP contribution in [0.1, 0.15) is 65.2 Å². The smallest absolute Gasteiger partial charge is 0.159 e. The Morgan fingerprint density at radius 3 is 1.23 bits per heavy atom. The number of nitrogens with zero attached hydrogens (tertiary/aromatic N) is 6. The van der Waals surface area contributed by atoms with Crippen molar-refractivity contribution in [1.82, 2.24) is 19.9 Å². The van der Waals surface area contributed by atoms with Crippen molar-refractivity contribution in [3.63, 3.8) is 0 Å². The van der Waals surface area contributed by atoms with E-state index in [4.69, 9.17) is 9.47 Å². The number of aromatic nitrogens is 4. The Kier molecular flexibility index (Phi) is 11.5. The molecule has 8 nitrogen and oxygen atoms in total. The number of rotatable bonds is 16. The summed E-state index contributed by atoms with van der Waals surface area (Å²) >= 11 is 0. The first-order chi connectivity index (χ1) is 19.7. The fourth-order valence-electron chi connectivity index (χ4n) is 4.00. The lowest BCUT2D eigenvalue weighted by atomic mass is 10.2. The van der Waals surface area contributed by atoms with Crippen LogP contribution in [0.5, 0.6) is 11.5 Å². The minimum atomic E-state index is 0.546. The summed E-state index contributed by atoms with van der Waals surface area (Å²) in [6, 6.07) is 15.7. The molecule has 0 aliphatic carbocycles. The summed E-state index contributed by atoms with van der Waals surface area (Å²) in [5.74, 6) is 2.96. The first-order valence-electron chi connectivity index (χ1n) is 14.3. The van der Waals surface area contributed by atoms with Gasteiger partial charge >= 0.3 is 0 Å². The number of ether oxygens (including phenoxy) is 2. The number of hydrogen-bond donors (Lipinski definition) is 0. The van der Waals surface area contributed by atoms with Crippen molar-refractivity contribution in [2.24, 2.45) is 10.2 Å². The summed E-state index contributed by atoms with van der Waals surface area (Å²) in [5, 5.41) is 8.45. The van der Waals surface area contributed by atoms with Crippen LogP contribution in [0.2, 0.25) is 0 Å². The van der Waals surface area contributed by atoms with Crippen molar-refractivity contribution >= 4 is 11.4 Å². The molecule has 208 valence electrons. The van der Waals surface area contributed by atoms with Gasteiger partial charge in [-0.3, -0.25) is 0 Å². The van der Waals surface area contributed by atoms with Gasteiger partial charge in [-0.05, 0) is 61.4 Å². The molecule has 0 saturated carbocycles. The maximum Gasteiger partial charge on any atom is 0.159 e. The van der Waals surface area contributed by atoms with Crippen molar-refractivity contribution in [1.29, 1.82) is 0 Å². The van der Waals surface area contributed by atoms with E-state index in [1.807, 2.05) is 48.5 Å². The summed E-state index contributed by atoms with van der Waals surface area (Å²) in [6.07, 6.45) is 16.1. The second-order valence-corrected chi connectivity index (χ2v) is 9.60. The van der Waals surface area contributed by atoms with Gasteiger partial charge in [-0.15, -0.1) is 10.2 Å². The van der Waals surface area contributed by atoms with Crippen LogP contribution < -0.4 is 9.47 Å². The molecule has 40 heavy (non-hydrogen) atoms. The predicted octanol–water partition coefficient (Wildman–Crippen LogP) is 8.93. The van der Waals surface area contributed by atoms with Crippen LogP contribution in [0, 0.1) is 0 Å². The average molecular weight is 539 g/mol. The summed E-state index contributed by atoms with van der Waals surface area (Å²) in [4.78, 5) is 17.7.